The predicted molar refractivity (Wildman–Crippen MR) is 108 cm³/mol. The number of piperazine rings is 1. The molecule has 28 heavy (non-hydrogen) atoms. The summed E-state index contributed by atoms with van der Waals surface area (Å²) >= 11 is 1.56. The Kier molecular flexibility index (Phi) is 6.05. The van der Waals surface area contributed by atoms with Crippen molar-refractivity contribution in [1.29, 1.82) is 0 Å². The van der Waals surface area contributed by atoms with Gasteiger partial charge in [0.05, 0.1) is 17.5 Å². The summed E-state index contributed by atoms with van der Waals surface area (Å²) in [5.74, 6) is -0.119. The third-order valence-electron chi connectivity index (χ3n) is 5.09. The molecule has 9 heteroatoms. The van der Waals surface area contributed by atoms with E-state index in [-0.39, 0.29) is 35.5 Å². The number of ether oxygens (including phenoxy) is 1. The minimum Gasteiger partial charge on any atom is -0.444 e. The maximum atomic E-state index is 13.2. The quantitative estimate of drug-likeness (QED) is 0.723. The lowest BCUT2D eigenvalue weighted by Gasteiger charge is -2.42. The maximum absolute atomic E-state index is 13.2. The number of rotatable bonds is 2. The van der Waals surface area contributed by atoms with Gasteiger partial charge in [0.15, 0.2) is 0 Å². The molecule has 0 aliphatic carbocycles. The van der Waals surface area contributed by atoms with Crippen LogP contribution in [0.4, 0.5) is 4.79 Å². The summed E-state index contributed by atoms with van der Waals surface area (Å²) < 4.78 is 28.9. The van der Waals surface area contributed by atoms with Crippen LogP contribution in [0.2, 0.25) is 0 Å². The van der Waals surface area contributed by atoms with E-state index in [1.807, 2.05) is 43.2 Å². The molecule has 1 unspecified atom stereocenters. The van der Waals surface area contributed by atoms with Crippen LogP contribution in [-0.4, -0.2) is 67.0 Å². The van der Waals surface area contributed by atoms with Gasteiger partial charge in [-0.25, -0.2) is 13.2 Å². The van der Waals surface area contributed by atoms with Crippen molar-refractivity contribution in [3.05, 3.63) is 22.4 Å². The number of carbonyl (C=O) groups is 2. The Labute approximate surface area is 170 Å². The third kappa shape index (κ3) is 5.05. The van der Waals surface area contributed by atoms with Crippen LogP contribution in [0.1, 0.15) is 44.5 Å². The van der Waals surface area contributed by atoms with Gasteiger partial charge in [0.1, 0.15) is 15.4 Å². The van der Waals surface area contributed by atoms with Crippen LogP contribution in [0, 0.1) is 5.92 Å². The molecule has 0 saturated carbocycles. The summed E-state index contributed by atoms with van der Waals surface area (Å²) in [6.07, 6.45) is 0.389. The Morgan fingerprint density at radius 2 is 1.86 bits per heavy atom. The van der Waals surface area contributed by atoms with Crippen molar-refractivity contribution in [1.82, 2.24) is 9.80 Å². The largest absolute Gasteiger partial charge is 0.444 e. The fraction of sp³-hybridized carbons (Fsp3) is 0.684. The molecule has 1 aromatic rings. The average molecular weight is 429 g/mol. The first-order valence-electron chi connectivity index (χ1n) is 9.58. The molecule has 2 saturated heterocycles. The van der Waals surface area contributed by atoms with E-state index < -0.39 is 15.4 Å². The average Bonchev–Trinajstić information content (AvgIpc) is 3.13. The van der Waals surface area contributed by atoms with Crippen molar-refractivity contribution >= 4 is 33.2 Å². The number of thiophene rings is 1. The Morgan fingerprint density at radius 3 is 2.43 bits per heavy atom. The predicted octanol–water partition coefficient (Wildman–Crippen LogP) is 2.69. The van der Waals surface area contributed by atoms with Crippen LogP contribution < -0.4 is 0 Å². The van der Waals surface area contributed by atoms with E-state index in [9.17, 15) is 18.0 Å². The summed E-state index contributed by atoms with van der Waals surface area (Å²) in [5, 5.41) is 1.96. The fourth-order valence-corrected chi connectivity index (χ4v) is 5.96. The molecule has 0 aromatic carbocycles. The molecule has 156 valence electrons. The molecule has 0 N–H and O–H groups in total. The standard InChI is InChI=1S/C19H28N2O5S2/c1-19(2,3)26-18(23)20-8-9-21(15(13-20)16-5-4-10-27-16)17(22)14-6-11-28(24,25)12-7-14/h4-5,10,14-15H,6-9,11-13H2,1-3H3. The zero-order valence-electron chi connectivity index (χ0n) is 16.6. The summed E-state index contributed by atoms with van der Waals surface area (Å²) in [7, 11) is -3.01. The highest BCUT2D eigenvalue weighted by Gasteiger charge is 2.39. The molecule has 2 aliphatic heterocycles. The Balaban J connectivity index is 1.74. The van der Waals surface area contributed by atoms with Crippen LogP contribution in [0.5, 0.6) is 0 Å². The van der Waals surface area contributed by atoms with Gasteiger partial charge in [-0.15, -0.1) is 11.3 Å². The van der Waals surface area contributed by atoms with Gasteiger partial charge in [0.25, 0.3) is 0 Å². The first-order valence-corrected chi connectivity index (χ1v) is 12.3. The maximum Gasteiger partial charge on any atom is 0.410 e. The molecule has 1 aromatic heterocycles. The molecule has 0 bridgehead atoms. The Bertz CT molecular complexity index is 800. The number of carbonyl (C=O) groups excluding carboxylic acids is 2. The highest BCUT2D eigenvalue weighted by molar-refractivity contribution is 7.91. The van der Waals surface area contributed by atoms with Crippen molar-refractivity contribution in [2.24, 2.45) is 5.92 Å². The van der Waals surface area contributed by atoms with Gasteiger partial charge in [0.2, 0.25) is 5.91 Å². The fourth-order valence-electron chi connectivity index (χ4n) is 3.63. The zero-order chi connectivity index (χ0) is 20.5. The van der Waals surface area contributed by atoms with E-state index in [0.717, 1.165) is 4.88 Å². The molecule has 2 aliphatic rings. The van der Waals surface area contributed by atoms with E-state index in [0.29, 0.717) is 32.5 Å². The Morgan fingerprint density at radius 1 is 1.18 bits per heavy atom. The van der Waals surface area contributed by atoms with Crippen LogP contribution >= 0.6 is 11.3 Å². The van der Waals surface area contributed by atoms with Crippen molar-refractivity contribution in [3.63, 3.8) is 0 Å². The number of nitrogens with zero attached hydrogens (tertiary/aromatic N) is 2. The molecule has 1 atom stereocenters. The topological polar surface area (TPSA) is 84.0 Å². The first kappa shape index (κ1) is 21.1. The highest BCUT2D eigenvalue weighted by atomic mass is 32.2. The van der Waals surface area contributed by atoms with Gasteiger partial charge in [0, 0.05) is 30.4 Å². The normalized spacial score (nSPS) is 23.5. The highest BCUT2D eigenvalue weighted by Crippen LogP contribution is 2.32. The number of sulfone groups is 1. The molecule has 0 spiro atoms. The zero-order valence-corrected chi connectivity index (χ0v) is 18.2. The summed E-state index contributed by atoms with van der Waals surface area (Å²) in [6.45, 7) is 6.71. The van der Waals surface area contributed by atoms with Gasteiger partial charge < -0.3 is 14.5 Å². The lowest BCUT2D eigenvalue weighted by molar-refractivity contribution is -0.141. The van der Waals surface area contributed by atoms with Crippen molar-refractivity contribution in [3.8, 4) is 0 Å². The minimum atomic E-state index is -3.01. The number of amides is 2. The van der Waals surface area contributed by atoms with E-state index in [2.05, 4.69) is 0 Å². The van der Waals surface area contributed by atoms with Crippen LogP contribution in [0.25, 0.3) is 0 Å². The molecule has 2 fully saturated rings. The van der Waals surface area contributed by atoms with E-state index in [1.165, 1.54) is 0 Å². The summed E-state index contributed by atoms with van der Waals surface area (Å²) in [5.41, 5.74) is -0.573. The van der Waals surface area contributed by atoms with Crippen molar-refractivity contribution in [2.75, 3.05) is 31.1 Å². The second-order valence-corrected chi connectivity index (χ2v) is 11.7. The van der Waals surface area contributed by atoms with Crippen LogP contribution in [0.3, 0.4) is 0 Å². The molecule has 3 heterocycles. The van der Waals surface area contributed by atoms with E-state index in [1.54, 1.807) is 16.2 Å². The lowest BCUT2D eigenvalue weighted by Crippen LogP contribution is -2.54. The summed E-state index contributed by atoms with van der Waals surface area (Å²) in [6, 6.07) is 3.68. The van der Waals surface area contributed by atoms with Gasteiger partial charge in [-0.3, -0.25) is 4.79 Å². The van der Waals surface area contributed by atoms with Gasteiger partial charge in [-0.05, 0) is 45.1 Å². The molecule has 3 rings (SSSR count). The molecule has 0 radical (unpaired) electrons. The second kappa shape index (κ2) is 8.02. The summed E-state index contributed by atoms with van der Waals surface area (Å²) in [4.78, 5) is 30.2. The van der Waals surface area contributed by atoms with E-state index >= 15 is 0 Å². The number of hydrogen-bond acceptors (Lipinski definition) is 6. The first-order chi connectivity index (χ1) is 13.1. The minimum absolute atomic E-state index is 0.00265. The molecule has 7 nitrogen and oxygen atoms in total. The molecule has 2 amide bonds. The lowest BCUT2D eigenvalue weighted by atomic mass is 9.98. The van der Waals surface area contributed by atoms with Crippen molar-refractivity contribution < 1.29 is 22.7 Å². The van der Waals surface area contributed by atoms with Gasteiger partial charge in [-0.2, -0.15) is 0 Å². The molecular weight excluding hydrogens is 400 g/mol. The monoisotopic (exact) mass is 428 g/mol. The third-order valence-corrected chi connectivity index (χ3v) is 7.78. The van der Waals surface area contributed by atoms with E-state index in [4.69, 9.17) is 4.74 Å². The molecular formula is C19H28N2O5S2. The van der Waals surface area contributed by atoms with Gasteiger partial charge in [-0.1, -0.05) is 6.07 Å². The Hall–Kier alpha value is -1.61. The van der Waals surface area contributed by atoms with Gasteiger partial charge >= 0.3 is 6.09 Å². The van der Waals surface area contributed by atoms with Crippen molar-refractivity contribution in [2.45, 2.75) is 45.3 Å². The number of hydrogen-bond donors (Lipinski definition) is 0. The SMILES string of the molecule is CC(C)(C)OC(=O)N1CCN(C(=O)C2CCS(=O)(=O)CC2)C(c2cccs2)C1. The van der Waals surface area contributed by atoms with Crippen LogP contribution in [-0.2, 0) is 19.4 Å². The smallest absolute Gasteiger partial charge is 0.410 e. The second-order valence-electron chi connectivity index (χ2n) is 8.42. The van der Waals surface area contributed by atoms with Crippen LogP contribution in [0.15, 0.2) is 17.5 Å².